The monoisotopic (exact) mass is 276 g/mol. The molecule has 0 spiro atoms. The molecule has 3 heteroatoms. The third-order valence-electron chi connectivity index (χ3n) is 2.27. The lowest BCUT2D eigenvalue weighted by Crippen LogP contribution is -2.13. The van der Waals surface area contributed by atoms with Crippen LogP contribution in [0.15, 0.2) is 53.1 Å². The molecule has 16 heavy (non-hydrogen) atoms. The fraction of sp³-hybridized carbons (Fsp3) is 0.154. The van der Waals surface area contributed by atoms with Gasteiger partial charge in [-0.15, -0.1) is 0 Å². The highest BCUT2D eigenvalue weighted by molar-refractivity contribution is 9.10. The van der Waals surface area contributed by atoms with Crippen molar-refractivity contribution in [3.05, 3.63) is 64.4 Å². The van der Waals surface area contributed by atoms with Crippen LogP contribution in [-0.4, -0.2) is 4.98 Å². The molecule has 2 nitrogen and oxygen atoms in total. The first-order valence-corrected chi connectivity index (χ1v) is 5.99. The number of rotatable bonds is 4. The minimum atomic E-state index is 0.794. The van der Waals surface area contributed by atoms with E-state index in [0.717, 1.165) is 23.3 Å². The Balaban J connectivity index is 1.82. The summed E-state index contributed by atoms with van der Waals surface area (Å²) in [4.78, 5) is 4.30. The second-order valence-corrected chi connectivity index (χ2v) is 4.47. The predicted molar refractivity (Wildman–Crippen MR) is 68.9 cm³/mol. The summed E-state index contributed by atoms with van der Waals surface area (Å²) in [6.07, 6.45) is 1.82. The van der Waals surface area contributed by atoms with Gasteiger partial charge in [-0.3, -0.25) is 4.98 Å². The van der Waals surface area contributed by atoms with Crippen molar-refractivity contribution in [3.8, 4) is 0 Å². The Morgan fingerprint density at radius 3 is 2.50 bits per heavy atom. The number of hydrogen-bond acceptors (Lipinski definition) is 2. The zero-order valence-corrected chi connectivity index (χ0v) is 10.4. The van der Waals surface area contributed by atoms with Crippen LogP contribution in [0.1, 0.15) is 11.3 Å². The van der Waals surface area contributed by atoms with Gasteiger partial charge in [-0.25, -0.2) is 0 Å². The molecule has 0 aliphatic heterocycles. The van der Waals surface area contributed by atoms with Crippen LogP contribution in [0.5, 0.6) is 0 Å². The van der Waals surface area contributed by atoms with Gasteiger partial charge in [0.2, 0.25) is 0 Å². The molecular weight excluding hydrogens is 264 g/mol. The van der Waals surface area contributed by atoms with E-state index in [1.165, 1.54) is 5.56 Å². The maximum absolute atomic E-state index is 4.30. The van der Waals surface area contributed by atoms with E-state index in [1.807, 2.05) is 24.4 Å². The molecule has 0 amide bonds. The summed E-state index contributed by atoms with van der Waals surface area (Å²) in [6.45, 7) is 1.67. The van der Waals surface area contributed by atoms with Crippen molar-refractivity contribution in [2.75, 3.05) is 0 Å². The first-order chi connectivity index (χ1) is 7.84. The van der Waals surface area contributed by atoms with E-state index in [2.05, 4.69) is 50.5 Å². The topological polar surface area (TPSA) is 24.9 Å². The predicted octanol–water partition coefficient (Wildman–Crippen LogP) is 3.13. The molecule has 0 fully saturated rings. The number of pyridine rings is 1. The maximum Gasteiger partial charge on any atom is 0.0542 e. The van der Waals surface area contributed by atoms with Crippen molar-refractivity contribution < 1.29 is 0 Å². The Morgan fingerprint density at radius 1 is 1.00 bits per heavy atom. The van der Waals surface area contributed by atoms with Gasteiger partial charge in [0.1, 0.15) is 0 Å². The van der Waals surface area contributed by atoms with Gasteiger partial charge in [0.05, 0.1) is 5.69 Å². The second kappa shape index (κ2) is 5.77. The molecule has 0 aliphatic rings. The van der Waals surface area contributed by atoms with Crippen molar-refractivity contribution in [2.45, 2.75) is 13.1 Å². The normalized spacial score (nSPS) is 10.3. The zero-order chi connectivity index (χ0) is 11.2. The lowest BCUT2D eigenvalue weighted by atomic mass is 10.2. The molecule has 0 bridgehead atoms. The standard InChI is InChI=1S/C13H13BrN2/c14-12-6-7-13(16-9-12)10-15-8-11-4-2-1-3-5-11/h1-7,9,15H,8,10H2. The fourth-order valence-electron chi connectivity index (χ4n) is 1.44. The van der Waals surface area contributed by atoms with Crippen LogP contribution >= 0.6 is 15.9 Å². The molecule has 1 N–H and O–H groups in total. The Hall–Kier alpha value is -1.19. The number of nitrogens with one attached hydrogen (secondary N) is 1. The summed E-state index contributed by atoms with van der Waals surface area (Å²) in [5, 5.41) is 3.36. The van der Waals surface area contributed by atoms with E-state index in [4.69, 9.17) is 0 Å². The molecule has 0 aliphatic carbocycles. The molecular formula is C13H13BrN2. The molecule has 1 aromatic heterocycles. The molecule has 1 heterocycles. The van der Waals surface area contributed by atoms with Crippen molar-refractivity contribution in [1.29, 1.82) is 0 Å². The highest BCUT2D eigenvalue weighted by Crippen LogP contribution is 2.07. The summed E-state index contributed by atoms with van der Waals surface area (Å²) in [5.74, 6) is 0. The molecule has 2 rings (SSSR count). The molecule has 0 saturated heterocycles. The van der Waals surface area contributed by atoms with E-state index in [0.29, 0.717) is 0 Å². The van der Waals surface area contributed by atoms with Gasteiger partial charge < -0.3 is 5.32 Å². The number of nitrogens with zero attached hydrogens (tertiary/aromatic N) is 1. The second-order valence-electron chi connectivity index (χ2n) is 3.56. The highest BCUT2D eigenvalue weighted by atomic mass is 79.9. The van der Waals surface area contributed by atoms with Gasteiger partial charge in [0.25, 0.3) is 0 Å². The summed E-state index contributed by atoms with van der Waals surface area (Å²) >= 11 is 3.37. The van der Waals surface area contributed by atoms with Crippen molar-refractivity contribution in [3.63, 3.8) is 0 Å². The van der Waals surface area contributed by atoms with E-state index >= 15 is 0 Å². The summed E-state index contributed by atoms with van der Waals surface area (Å²) in [7, 11) is 0. The van der Waals surface area contributed by atoms with E-state index in [-0.39, 0.29) is 0 Å². The largest absolute Gasteiger partial charge is 0.307 e. The smallest absolute Gasteiger partial charge is 0.0542 e. The molecule has 0 radical (unpaired) electrons. The maximum atomic E-state index is 4.30. The first kappa shape index (κ1) is 11.3. The third kappa shape index (κ3) is 3.43. The molecule has 0 saturated carbocycles. The fourth-order valence-corrected chi connectivity index (χ4v) is 1.68. The Bertz CT molecular complexity index is 425. The Kier molecular flexibility index (Phi) is 4.08. The van der Waals surface area contributed by atoms with Crippen LogP contribution in [0.4, 0.5) is 0 Å². The van der Waals surface area contributed by atoms with Gasteiger partial charge in [-0.1, -0.05) is 30.3 Å². The Labute approximate surface area is 104 Å². The lowest BCUT2D eigenvalue weighted by molar-refractivity contribution is 0.679. The molecule has 0 atom stereocenters. The minimum Gasteiger partial charge on any atom is -0.307 e. The zero-order valence-electron chi connectivity index (χ0n) is 8.86. The van der Waals surface area contributed by atoms with Gasteiger partial charge in [0.15, 0.2) is 0 Å². The van der Waals surface area contributed by atoms with Crippen LogP contribution in [0.3, 0.4) is 0 Å². The molecule has 2 aromatic rings. The van der Waals surface area contributed by atoms with Gasteiger partial charge in [-0.2, -0.15) is 0 Å². The average molecular weight is 277 g/mol. The SMILES string of the molecule is Brc1ccc(CNCc2ccccc2)nc1. The van der Waals surface area contributed by atoms with E-state index in [1.54, 1.807) is 0 Å². The van der Waals surface area contributed by atoms with Crippen LogP contribution < -0.4 is 5.32 Å². The number of benzene rings is 1. The minimum absolute atomic E-state index is 0.794. The van der Waals surface area contributed by atoms with Crippen molar-refractivity contribution in [1.82, 2.24) is 10.3 Å². The van der Waals surface area contributed by atoms with Crippen LogP contribution in [0.25, 0.3) is 0 Å². The van der Waals surface area contributed by atoms with Gasteiger partial charge in [-0.05, 0) is 33.6 Å². The first-order valence-electron chi connectivity index (χ1n) is 5.20. The van der Waals surface area contributed by atoms with Crippen molar-refractivity contribution >= 4 is 15.9 Å². The quantitative estimate of drug-likeness (QED) is 0.928. The van der Waals surface area contributed by atoms with E-state index < -0.39 is 0 Å². The number of halogens is 1. The number of aromatic nitrogens is 1. The highest BCUT2D eigenvalue weighted by Gasteiger charge is 1.94. The van der Waals surface area contributed by atoms with Crippen molar-refractivity contribution in [2.24, 2.45) is 0 Å². The molecule has 82 valence electrons. The summed E-state index contributed by atoms with van der Waals surface area (Å²) < 4.78 is 1.01. The average Bonchev–Trinajstić information content (AvgIpc) is 2.33. The van der Waals surface area contributed by atoms with Gasteiger partial charge >= 0.3 is 0 Å². The molecule has 0 unspecified atom stereocenters. The molecule has 1 aromatic carbocycles. The van der Waals surface area contributed by atoms with Gasteiger partial charge in [0, 0.05) is 23.8 Å². The van der Waals surface area contributed by atoms with Crippen LogP contribution in [0, 0.1) is 0 Å². The summed E-state index contributed by atoms with van der Waals surface area (Å²) in [6, 6.07) is 14.4. The van der Waals surface area contributed by atoms with E-state index in [9.17, 15) is 0 Å². The third-order valence-corrected chi connectivity index (χ3v) is 2.74. The van der Waals surface area contributed by atoms with Crippen LogP contribution in [-0.2, 0) is 13.1 Å². The lowest BCUT2D eigenvalue weighted by Gasteiger charge is -2.04. The summed E-state index contributed by atoms with van der Waals surface area (Å²) in [5.41, 5.74) is 2.35. The van der Waals surface area contributed by atoms with Crippen LogP contribution in [0.2, 0.25) is 0 Å². The Morgan fingerprint density at radius 2 is 1.81 bits per heavy atom. The number of hydrogen-bond donors (Lipinski definition) is 1.